The standard InChI is InChI=1S/C41H26NOP/c43-44(28-14-2-1-3-15-28)38-24-11-8-20-33(38)41(35-26-25-27-13-4-5-16-29(27)40(35)44)32-19-7-10-23-37(32)42-36-22-9-6-17-30(36)31-18-12-21-34(41)39(31)42/h1-26H. The first kappa shape index (κ1) is 24.3. The lowest BCUT2D eigenvalue weighted by molar-refractivity contribution is 0.590. The molecule has 206 valence electrons. The summed E-state index contributed by atoms with van der Waals surface area (Å²) < 4.78 is 18.7. The van der Waals surface area contributed by atoms with Crippen LogP contribution in [0.5, 0.6) is 0 Å². The van der Waals surface area contributed by atoms with Crippen LogP contribution < -0.4 is 15.9 Å². The number of para-hydroxylation sites is 3. The highest BCUT2D eigenvalue weighted by atomic mass is 31.2. The maximum absolute atomic E-state index is 16.3. The topological polar surface area (TPSA) is 22.0 Å². The van der Waals surface area contributed by atoms with E-state index in [1.54, 1.807) is 0 Å². The molecule has 0 bridgehead atoms. The fourth-order valence-corrected chi connectivity index (χ4v) is 11.8. The Balaban J connectivity index is 1.50. The van der Waals surface area contributed by atoms with Crippen molar-refractivity contribution in [2.24, 2.45) is 0 Å². The third-order valence-corrected chi connectivity index (χ3v) is 13.2. The van der Waals surface area contributed by atoms with Crippen LogP contribution in [0.15, 0.2) is 158 Å². The summed E-state index contributed by atoms with van der Waals surface area (Å²) in [5.74, 6) is 0. The summed E-state index contributed by atoms with van der Waals surface area (Å²) in [6.45, 7) is 0. The van der Waals surface area contributed by atoms with Crippen LogP contribution in [-0.4, -0.2) is 4.57 Å². The van der Waals surface area contributed by atoms with E-state index in [1.165, 1.54) is 38.6 Å². The average molecular weight is 580 g/mol. The predicted molar refractivity (Wildman–Crippen MR) is 183 cm³/mol. The second-order valence-corrected chi connectivity index (χ2v) is 14.6. The number of nitrogens with zero attached hydrogens (tertiary/aromatic N) is 1. The molecule has 8 aromatic rings. The molecule has 2 atom stereocenters. The van der Waals surface area contributed by atoms with Crippen LogP contribution in [0.4, 0.5) is 0 Å². The van der Waals surface area contributed by atoms with Crippen LogP contribution in [0.3, 0.4) is 0 Å². The van der Waals surface area contributed by atoms with E-state index >= 15 is 4.57 Å². The van der Waals surface area contributed by atoms with E-state index in [0.717, 1.165) is 37.8 Å². The van der Waals surface area contributed by atoms with Crippen molar-refractivity contribution in [1.82, 2.24) is 4.57 Å². The molecule has 0 fully saturated rings. The maximum Gasteiger partial charge on any atom is 0.172 e. The van der Waals surface area contributed by atoms with E-state index in [9.17, 15) is 0 Å². The minimum atomic E-state index is -3.29. The molecule has 1 spiro atoms. The number of aromatic nitrogens is 1. The van der Waals surface area contributed by atoms with E-state index in [-0.39, 0.29) is 0 Å². The van der Waals surface area contributed by atoms with E-state index in [1.807, 2.05) is 18.2 Å². The van der Waals surface area contributed by atoms with Gasteiger partial charge < -0.3 is 9.13 Å². The Bertz CT molecular complexity index is 2540. The molecule has 0 aliphatic carbocycles. The average Bonchev–Trinajstić information content (AvgIpc) is 3.44. The number of hydrogen-bond acceptors (Lipinski definition) is 1. The molecule has 0 radical (unpaired) electrons. The zero-order chi connectivity index (χ0) is 29.0. The molecule has 2 aliphatic rings. The molecular formula is C41H26NOP. The summed E-state index contributed by atoms with van der Waals surface area (Å²) in [7, 11) is -3.29. The SMILES string of the molecule is O=P1(c2ccccc2)c2ccccc2C2(c3ccccc3-n3c4ccccc4c4cccc2c43)c2ccc3ccccc3c21. The molecule has 0 saturated carbocycles. The van der Waals surface area contributed by atoms with Gasteiger partial charge >= 0.3 is 0 Å². The Morgan fingerprint density at radius 3 is 2.02 bits per heavy atom. The Labute approximate surface area is 255 Å². The predicted octanol–water partition coefficient (Wildman–Crippen LogP) is 8.59. The largest absolute Gasteiger partial charge is 0.309 e. The molecule has 44 heavy (non-hydrogen) atoms. The third kappa shape index (κ3) is 2.72. The molecule has 10 rings (SSSR count). The highest BCUT2D eigenvalue weighted by Gasteiger charge is 2.54. The van der Waals surface area contributed by atoms with Gasteiger partial charge in [-0.3, -0.25) is 0 Å². The van der Waals surface area contributed by atoms with Gasteiger partial charge in [0.15, 0.2) is 7.14 Å². The first-order chi connectivity index (χ1) is 21.7. The van der Waals surface area contributed by atoms with Gasteiger partial charge in [0, 0.05) is 26.7 Å². The second kappa shape index (κ2) is 8.47. The number of rotatable bonds is 1. The van der Waals surface area contributed by atoms with Crippen LogP contribution >= 0.6 is 7.14 Å². The van der Waals surface area contributed by atoms with E-state index < -0.39 is 12.6 Å². The Morgan fingerprint density at radius 1 is 0.477 bits per heavy atom. The van der Waals surface area contributed by atoms with Crippen molar-refractivity contribution in [1.29, 1.82) is 0 Å². The van der Waals surface area contributed by atoms with Gasteiger partial charge in [-0.1, -0.05) is 146 Å². The number of hydrogen-bond donors (Lipinski definition) is 0. The zero-order valence-corrected chi connectivity index (χ0v) is 24.7. The van der Waals surface area contributed by atoms with Crippen LogP contribution in [-0.2, 0) is 9.98 Å². The Hall–Kier alpha value is -5.17. The van der Waals surface area contributed by atoms with Gasteiger partial charge in [0.25, 0.3) is 0 Å². The van der Waals surface area contributed by atoms with Gasteiger partial charge in [0.1, 0.15) is 0 Å². The van der Waals surface area contributed by atoms with Gasteiger partial charge in [-0.05, 0) is 45.2 Å². The minimum absolute atomic E-state index is 0.668. The fourth-order valence-electron chi connectivity index (χ4n) is 8.42. The smallest absolute Gasteiger partial charge is 0.172 e. The van der Waals surface area contributed by atoms with Crippen molar-refractivity contribution in [2.45, 2.75) is 5.41 Å². The normalized spacial score (nSPS) is 19.6. The van der Waals surface area contributed by atoms with E-state index in [0.29, 0.717) is 0 Å². The molecule has 2 unspecified atom stereocenters. The van der Waals surface area contributed by atoms with Crippen LogP contribution in [0.2, 0.25) is 0 Å². The van der Waals surface area contributed by atoms with Gasteiger partial charge in [0.05, 0.1) is 22.1 Å². The minimum Gasteiger partial charge on any atom is -0.309 e. The number of benzene rings is 7. The maximum atomic E-state index is 16.3. The van der Waals surface area contributed by atoms with Crippen LogP contribution in [0.25, 0.3) is 38.3 Å². The van der Waals surface area contributed by atoms with Crippen molar-refractivity contribution in [2.75, 3.05) is 0 Å². The highest BCUT2D eigenvalue weighted by Crippen LogP contribution is 2.61. The fraction of sp³-hybridized carbons (Fsp3) is 0.0244. The summed E-state index contributed by atoms with van der Waals surface area (Å²) in [4.78, 5) is 0. The summed E-state index contributed by atoms with van der Waals surface area (Å²) in [5.41, 5.74) is 7.58. The molecular weight excluding hydrogens is 553 g/mol. The lowest BCUT2D eigenvalue weighted by atomic mass is 9.62. The first-order valence-corrected chi connectivity index (χ1v) is 16.9. The summed E-state index contributed by atoms with van der Waals surface area (Å²) in [5, 5.41) is 7.40. The summed E-state index contributed by atoms with van der Waals surface area (Å²) in [6, 6.07) is 56.0. The van der Waals surface area contributed by atoms with Crippen LogP contribution in [0.1, 0.15) is 22.3 Å². The monoisotopic (exact) mass is 579 g/mol. The van der Waals surface area contributed by atoms with Crippen molar-refractivity contribution < 1.29 is 4.57 Å². The van der Waals surface area contributed by atoms with Crippen molar-refractivity contribution in [3.05, 3.63) is 180 Å². The zero-order valence-electron chi connectivity index (χ0n) is 23.8. The first-order valence-electron chi connectivity index (χ1n) is 15.1. The molecule has 0 N–H and O–H groups in total. The van der Waals surface area contributed by atoms with Gasteiger partial charge in [-0.25, -0.2) is 0 Å². The molecule has 3 heterocycles. The molecule has 2 aliphatic heterocycles. The second-order valence-electron chi connectivity index (χ2n) is 12.0. The Morgan fingerprint density at radius 2 is 1.14 bits per heavy atom. The van der Waals surface area contributed by atoms with E-state index in [4.69, 9.17) is 0 Å². The molecule has 0 saturated heterocycles. The van der Waals surface area contributed by atoms with Gasteiger partial charge in [0.2, 0.25) is 0 Å². The number of fused-ring (bicyclic) bond motifs is 13. The van der Waals surface area contributed by atoms with Gasteiger partial charge in [-0.2, -0.15) is 0 Å². The molecule has 2 nitrogen and oxygen atoms in total. The quantitative estimate of drug-likeness (QED) is 0.179. The summed E-state index contributed by atoms with van der Waals surface area (Å²) >= 11 is 0. The van der Waals surface area contributed by atoms with Gasteiger partial charge in [-0.15, -0.1) is 0 Å². The molecule has 7 aromatic carbocycles. The molecule has 3 heteroatoms. The molecule has 1 aromatic heterocycles. The van der Waals surface area contributed by atoms with Crippen molar-refractivity contribution in [3.8, 4) is 5.69 Å². The molecule has 0 amide bonds. The Kier molecular flexibility index (Phi) is 4.68. The lowest BCUT2D eigenvalue weighted by Gasteiger charge is -2.47. The summed E-state index contributed by atoms with van der Waals surface area (Å²) in [6.07, 6.45) is 0. The van der Waals surface area contributed by atoms with Crippen molar-refractivity contribution >= 4 is 55.6 Å². The van der Waals surface area contributed by atoms with E-state index in [2.05, 4.69) is 144 Å². The third-order valence-electron chi connectivity index (χ3n) is 10.0. The van der Waals surface area contributed by atoms with Crippen molar-refractivity contribution in [3.63, 3.8) is 0 Å². The lowest BCUT2D eigenvalue weighted by Crippen LogP contribution is -2.48. The van der Waals surface area contributed by atoms with Crippen LogP contribution in [0, 0.1) is 0 Å². The highest BCUT2D eigenvalue weighted by molar-refractivity contribution is 7.86.